The first-order valence-electron chi connectivity index (χ1n) is 8.19. The lowest BCUT2D eigenvalue weighted by Gasteiger charge is -2.41. The van der Waals surface area contributed by atoms with E-state index in [0.717, 1.165) is 10.9 Å². The van der Waals surface area contributed by atoms with Gasteiger partial charge >= 0.3 is 5.92 Å². The summed E-state index contributed by atoms with van der Waals surface area (Å²) in [4.78, 5) is 18.3. The molecule has 1 fully saturated rings. The average Bonchev–Trinajstić information content (AvgIpc) is 2.56. The van der Waals surface area contributed by atoms with E-state index in [1.165, 1.54) is 0 Å². The molecule has 0 spiro atoms. The first-order chi connectivity index (χ1) is 11.7. The first-order valence-corrected chi connectivity index (χ1v) is 8.19. The molecule has 134 valence electrons. The Morgan fingerprint density at radius 1 is 1.36 bits per heavy atom. The van der Waals surface area contributed by atoms with Crippen LogP contribution in [0.4, 0.5) is 14.6 Å². The number of carbonyl (C=O) groups excluding carboxylic acids is 1. The molecule has 0 radical (unpaired) electrons. The number of carbonyl (C=O) groups is 1. The van der Waals surface area contributed by atoms with E-state index in [1.54, 1.807) is 6.07 Å². The van der Waals surface area contributed by atoms with Crippen LogP contribution in [-0.4, -0.2) is 41.6 Å². The van der Waals surface area contributed by atoms with E-state index >= 15 is 0 Å². The highest BCUT2D eigenvalue weighted by Crippen LogP contribution is 2.44. The summed E-state index contributed by atoms with van der Waals surface area (Å²) in [6, 6.07) is 9.10. The van der Waals surface area contributed by atoms with Gasteiger partial charge in [-0.3, -0.25) is 4.79 Å². The molecule has 1 amide bonds. The monoisotopic (exact) mass is 349 g/mol. The minimum Gasteiger partial charge on any atom is -0.383 e. The second kappa shape index (κ2) is 6.22. The molecule has 0 aliphatic heterocycles. The smallest absolute Gasteiger partial charge is 0.352 e. The Kier molecular flexibility index (Phi) is 4.36. The van der Waals surface area contributed by atoms with Gasteiger partial charge in [-0.1, -0.05) is 18.2 Å². The molecular formula is C18H21F2N3O2. The minimum atomic E-state index is -3.79. The summed E-state index contributed by atoms with van der Waals surface area (Å²) in [5, 5.41) is 12.9. The van der Waals surface area contributed by atoms with Gasteiger partial charge in [0.25, 0.3) is 5.91 Å². The number of fused-ring (bicyclic) bond motifs is 1. The Bertz CT molecular complexity index is 804. The molecule has 0 saturated heterocycles. The Balaban J connectivity index is 1.84. The van der Waals surface area contributed by atoms with Crippen LogP contribution in [0.15, 0.2) is 30.3 Å². The van der Waals surface area contributed by atoms with Crippen LogP contribution in [0.5, 0.6) is 0 Å². The number of halogens is 2. The lowest BCUT2D eigenvalue weighted by Crippen LogP contribution is -2.60. The number of pyridine rings is 1. The van der Waals surface area contributed by atoms with Crippen LogP contribution in [0.25, 0.3) is 10.9 Å². The van der Waals surface area contributed by atoms with E-state index in [4.69, 9.17) is 0 Å². The van der Waals surface area contributed by atoms with Gasteiger partial charge in [-0.2, -0.15) is 8.78 Å². The molecule has 1 aliphatic carbocycles. The number of rotatable bonds is 5. The molecule has 1 aromatic carbocycles. The average molecular weight is 349 g/mol. The van der Waals surface area contributed by atoms with E-state index < -0.39 is 17.4 Å². The van der Waals surface area contributed by atoms with Gasteiger partial charge in [0, 0.05) is 26.0 Å². The second-order valence-corrected chi connectivity index (χ2v) is 6.69. The fourth-order valence-corrected chi connectivity index (χ4v) is 2.93. The number of para-hydroxylation sites is 1. The minimum absolute atomic E-state index is 0.0591. The maximum atomic E-state index is 14.2. The molecule has 1 saturated carbocycles. The zero-order valence-electron chi connectivity index (χ0n) is 14.2. The third-order valence-corrected chi connectivity index (χ3v) is 4.74. The number of aliphatic hydroxyl groups is 1. The van der Waals surface area contributed by atoms with E-state index in [9.17, 15) is 18.7 Å². The van der Waals surface area contributed by atoms with Crippen LogP contribution < -0.4 is 10.2 Å². The van der Waals surface area contributed by atoms with Crippen molar-refractivity contribution in [1.29, 1.82) is 0 Å². The van der Waals surface area contributed by atoms with Crippen molar-refractivity contribution in [2.24, 2.45) is 0 Å². The number of hydrogen-bond donors (Lipinski definition) is 2. The van der Waals surface area contributed by atoms with Gasteiger partial charge < -0.3 is 15.3 Å². The summed E-state index contributed by atoms with van der Waals surface area (Å²) in [7, 11) is 3.67. The number of anilines is 1. The van der Waals surface area contributed by atoms with Gasteiger partial charge in [-0.15, -0.1) is 0 Å². The maximum absolute atomic E-state index is 14.2. The highest BCUT2D eigenvalue weighted by molar-refractivity contribution is 5.87. The second-order valence-electron chi connectivity index (χ2n) is 6.69. The molecule has 1 heterocycles. The Hall–Kier alpha value is -2.28. The normalized spacial score (nSPS) is 16.4. The van der Waals surface area contributed by atoms with Gasteiger partial charge in [0.1, 0.15) is 11.4 Å². The molecule has 5 nitrogen and oxygen atoms in total. The zero-order valence-corrected chi connectivity index (χ0v) is 14.2. The molecule has 0 unspecified atom stereocenters. The van der Waals surface area contributed by atoms with Crippen LogP contribution in [0, 0.1) is 0 Å². The summed E-state index contributed by atoms with van der Waals surface area (Å²) in [5.74, 6) is -4.56. The molecule has 2 aromatic rings. The number of amides is 1. The Labute approximate surface area is 144 Å². The molecule has 0 bridgehead atoms. The van der Waals surface area contributed by atoms with Crippen molar-refractivity contribution in [2.45, 2.75) is 37.3 Å². The molecule has 0 atom stereocenters. The Morgan fingerprint density at radius 3 is 2.64 bits per heavy atom. The summed E-state index contributed by atoms with van der Waals surface area (Å²) in [6.45, 7) is -0.0611. The molecule has 7 heteroatoms. The number of nitrogens with zero attached hydrogens (tertiary/aromatic N) is 2. The summed E-state index contributed by atoms with van der Waals surface area (Å²) < 4.78 is 28.4. The van der Waals surface area contributed by atoms with Crippen molar-refractivity contribution in [3.05, 3.63) is 35.9 Å². The van der Waals surface area contributed by atoms with Gasteiger partial charge in [0.15, 0.2) is 0 Å². The number of alkyl halides is 2. The molecule has 1 aliphatic rings. The summed E-state index contributed by atoms with van der Waals surface area (Å²) >= 11 is 0. The highest BCUT2D eigenvalue weighted by Gasteiger charge is 2.61. The maximum Gasteiger partial charge on any atom is 0.352 e. The van der Waals surface area contributed by atoms with Gasteiger partial charge in [0.2, 0.25) is 0 Å². The van der Waals surface area contributed by atoms with Gasteiger partial charge in [0.05, 0.1) is 5.52 Å². The van der Waals surface area contributed by atoms with Crippen molar-refractivity contribution in [2.75, 3.05) is 19.0 Å². The molecular weight excluding hydrogens is 328 g/mol. The fraction of sp³-hybridized carbons (Fsp3) is 0.444. The topological polar surface area (TPSA) is 65.5 Å². The summed E-state index contributed by atoms with van der Waals surface area (Å²) in [5.41, 5.74) is -0.798. The largest absolute Gasteiger partial charge is 0.383 e. The quantitative estimate of drug-likeness (QED) is 0.870. The third-order valence-electron chi connectivity index (χ3n) is 4.74. The van der Waals surface area contributed by atoms with Crippen LogP contribution in [0.2, 0.25) is 0 Å². The van der Waals surface area contributed by atoms with Crippen LogP contribution in [0.1, 0.15) is 24.8 Å². The molecule has 1 aromatic heterocycles. The van der Waals surface area contributed by atoms with Crippen molar-refractivity contribution in [1.82, 2.24) is 10.3 Å². The van der Waals surface area contributed by atoms with Crippen molar-refractivity contribution < 1.29 is 18.7 Å². The van der Waals surface area contributed by atoms with Crippen LogP contribution >= 0.6 is 0 Å². The standard InChI is InChI=1S/C18H21F2N3O2/c1-23(2)15-10-12(13-6-3-4-7-14(13)22-15)11-21-16(24)18(19,20)17(25)8-5-9-17/h3-4,6-7,10,25H,5,8-9,11H2,1-2H3,(H,21,24). The van der Waals surface area contributed by atoms with Crippen molar-refractivity contribution in [3.8, 4) is 0 Å². The number of hydrogen-bond acceptors (Lipinski definition) is 4. The van der Waals surface area contributed by atoms with E-state index in [1.807, 2.05) is 43.3 Å². The van der Waals surface area contributed by atoms with E-state index in [-0.39, 0.29) is 19.4 Å². The van der Waals surface area contributed by atoms with E-state index in [0.29, 0.717) is 17.8 Å². The summed E-state index contributed by atoms with van der Waals surface area (Å²) in [6.07, 6.45) is 0.382. The lowest BCUT2D eigenvalue weighted by atomic mass is 9.75. The fourth-order valence-electron chi connectivity index (χ4n) is 2.93. The van der Waals surface area contributed by atoms with Gasteiger partial charge in [-0.05, 0) is 37.0 Å². The van der Waals surface area contributed by atoms with Crippen molar-refractivity contribution in [3.63, 3.8) is 0 Å². The van der Waals surface area contributed by atoms with Crippen LogP contribution in [0.3, 0.4) is 0 Å². The number of benzene rings is 1. The molecule has 2 N–H and O–H groups in total. The van der Waals surface area contributed by atoms with Crippen LogP contribution in [-0.2, 0) is 11.3 Å². The highest BCUT2D eigenvalue weighted by atomic mass is 19.3. The SMILES string of the molecule is CN(C)c1cc(CNC(=O)C(F)(F)C2(O)CCC2)c2ccccc2n1. The molecule has 3 rings (SSSR count). The third kappa shape index (κ3) is 3.04. The predicted molar refractivity (Wildman–Crippen MR) is 91.7 cm³/mol. The number of aromatic nitrogens is 1. The number of nitrogens with one attached hydrogen (secondary N) is 1. The Morgan fingerprint density at radius 2 is 2.04 bits per heavy atom. The van der Waals surface area contributed by atoms with Crippen molar-refractivity contribution >= 4 is 22.6 Å². The van der Waals surface area contributed by atoms with E-state index in [2.05, 4.69) is 10.3 Å². The zero-order chi connectivity index (χ0) is 18.2. The first kappa shape index (κ1) is 17.5. The lowest BCUT2D eigenvalue weighted by molar-refractivity contribution is -0.216. The van der Waals surface area contributed by atoms with Gasteiger partial charge in [-0.25, -0.2) is 4.98 Å². The predicted octanol–water partition coefficient (Wildman–Crippen LogP) is 2.47. The molecule has 25 heavy (non-hydrogen) atoms.